The molecular weight excluding hydrogens is 268 g/mol. The van der Waals surface area contributed by atoms with Crippen LogP contribution in [0, 0.1) is 0 Å². The molecule has 0 fully saturated rings. The average molecular weight is 286 g/mol. The van der Waals surface area contributed by atoms with Crippen molar-refractivity contribution in [3.63, 3.8) is 0 Å². The summed E-state index contributed by atoms with van der Waals surface area (Å²) >= 11 is 0. The zero-order valence-corrected chi connectivity index (χ0v) is 12.0. The maximum Gasteiger partial charge on any atom is 0.337 e. The lowest BCUT2D eigenvalue weighted by atomic mass is 9.99. The molecule has 0 aliphatic carbocycles. The highest BCUT2D eigenvalue weighted by atomic mass is 16.5. The van der Waals surface area contributed by atoms with Crippen molar-refractivity contribution in [2.75, 3.05) is 5.73 Å². The summed E-state index contributed by atoms with van der Waals surface area (Å²) in [7, 11) is 0. The number of benzene rings is 1. The fourth-order valence-electron chi connectivity index (χ4n) is 1.88. The van der Waals surface area contributed by atoms with Crippen molar-refractivity contribution in [1.29, 1.82) is 0 Å². The van der Waals surface area contributed by atoms with Crippen molar-refractivity contribution < 1.29 is 14.6 Å². The Hall–Kier alpha value is -2.56. The third-order valence-corrected chi connectivity index (χ3v) is 3.40. The molecule has 110 valence electrons. The van der Waals surface area contributed by atoms with E-state index in [1.54, 1.807) is 0 Å². The zero-order chi connectivity index (χ0) is 15.4. The van der Waals surface area contributed by atoms with Gasteiger partial charge in [0.1, 0.15) is 5.75 Å². The Bertz CT molecular complexity index is 638. The summed E-state index contributed by atoms with van der Waals surface area (Å²) < 4.78 is 5.58. The number of carboxylic acids is 1. The van der Waals surface area contributed by atoms with Crippen molar-refractivity contribution >= 4 is 11.7 Å². The number of anilines is 1. The molecule has 0 saturated carbocycles. The lowest BCUT2D eigenvalue weighted by Crippen LogP contribution is -2.01. The second kappa shape index (κ2) is 6.26. The van der Waals surface area contributed by atoms with Crippen LogP contribution in [0.15, 0.2) is 36.5 Å². The zero-order valence-electron chi connectivity index (χ0n) is 12.0. The van der Waals surface area contributed by atoms with Gasteiger partial charge in [-0.15, -0.1) is 0 Å². The number of rotatable bonds is 5. The predicted octanol–water partition coefficient (Wildman–Crippen LogP) is 3.67. The predicted molar refractivity (Wildman–Crippen MR) is 80.8 cm³/mol. The molecule has 21 heavy (non-hydrogen) atoms. The summed E-state index contributed by atoms with van der Waals surface area (Å²) in [6, 6.07) is 9.05. The van der Waals surface area contributed by atoms with E-state index in [0.29, 0.717) is 11.7 Å². The number of pyridine rings is 1. The van der Waals surface area contributed by atoms with Gasteiger partial charge in [-0.2, -0.15) is 0 Å². The SMILES string of the molecule is CCC(C)c1ccc(Oc2ncc(C(=O)O)cc2N)cc1. The van der Waals surface area contributed by atoms with Crippen LogP contribution in [0.2, 0.25) is 0 Å². The van der Waals surface area contributed by atoms with E-state index in [0.717, 1.165) is 6.42 Å². The molecule has 1 heterocycles. The van der Waals surface area contributed by atoms with E-state index in [2.05, 4.69) is 18.8 Å². The molecule has 1 atom stereocenters. The van der Waals surface area contributed by atoms with Crippen LogP contribution in [-0.2, 0) is 0 Å². The Kier molecular flexibility index (Phi) is 4.42. The Morgan fingerprint density at radius 2 is 2.05 bits per heavy atom. The Morgan fingerprint density at radius 1 is 1.38 bits per heavy atom. The summed E-state index contributed by atoms with van der Waals surface area (Å²) in [5, 5.41) is 8.86. The molecule has 1 unspecified atom stereocenters. The van der Waals surface area contributed by atoms with Crippen LogP contribution < -0.4 is 10.5 Å². The van der Waals surface area contributed by atoms with E-state index in [9.17, 15) is 4.79 Å². The highest BCUT2D eigenvalue weighted by Gasteiger charge is 2.10. The third-order valence-electron chi connectivity index (χ3n) is 3.40. The molecule has 2 aromatic rings. The van der Waals surface area contributed by atoms with Crippen molar-refractivity contribution in [3.05, 3.63) is 47.7 Å². The largest absolute Gasteiger partial charge is 0.478 e. The fourth-order valence-corrected chi connectivity index (χ4v) is 1.88. The molecule has 0 aliphatic rings. The maximum atomic E-state index is 10.8. The molecule has 5 nitrogen and oxygen atoms in total. The van der Waals surface area contributed by atoms with Crippen LogP contribution in [0.3, 0.4) is 0 Å². The second-order valence-electron chi connectivity index (χ2n) is 4.90. The van der Waals surface area contributed by atoms with E-state index in [4.69, 9.17) is 15.6 Å². The van der Waals surface area contributed by atoms with Crippen LogP contribution in [0.5, 0.6) is 11.6 Å². The van der Waals surface area contributed by atoms with E-state index in [1.165, 1.54) is 17.8 Å². The Labute approximate surface area is 123 Å². The van der Waals surface area contributed by atoms with Gasteiger partial charge in [-0.05, 0) is 36.1 Å². The number of nitrogen functional groups attached to an aromatic ring is 1. The highest BCUT2D eigenvalue weighted by molar-refractivity contribution is 5.88. The van der Waals surface area contributed by atoms with Gasteiger partial charge in [0.25, 0.3) is 0 Å². The summed E-state index contributed by atoms with van der Waals surface area (Å²) in [4.78, 5) is 14.8. The van der Waals surface area contributed by atoms with Crippen LogP contribution >= 0.6 is 0 Å². The maximum absolute atomic E-state index is 10.8. The number of carboxylic acid groups (broad SMARTS) is 1. The van der Waals surface area contributed by atoms with Gasteiger partial charge in [-0.1, -0.05) is 26.0 Å². The van der Waals surface area contributed by atoms with E-state index >= 15 is 0 Å². The Balaban J connectivity index is 2.16. The van der Waals surface area contributed by atoms with Gasteiger partial charge >= 0.3 is 5.97 Å². The minimum absolute atomic E-state index is 0.0342. The van der Waals surface area contributed by atoms with Crippen molar-refractivity contribution in [1.82, 2.24) is 4.98 Å². The van der Waals surface area contributed by atoms with Gasteiger partial charge in [-0.25, -0.2) is 9.78 Å². The van der Waals surface area contributed by atoms with Gasteiger partial charge in [-0.3, -0.25) is 0 Å². The van der Waals surface area contributed by atoms with Gasteiger partial charge in [0, 0.05) is 6.20 Å². The Morgan fingerprint density at radius 3 is 2.57 bits per heavy atom. The van der Waals surface area contributed by atoms with Gasteiger partial charge in [0.2, 0.25) is 5.88 Å². The third kappa shape index (κ3) is 3.51. The fraction of sp³-hybridized carbons (Fsp3) is 0.250. The normalized spacial score (nSPS) is 11.9. The number of nitrogens with zero attached hydrogens (tertiary/aromatic N) is 1. The molecule has 0 amide bonds. The van der Waals surface area contributed by atoms with Crippen LogP contribution in [-0.4, -0.2) is 16.1 Å². The minimum atomic E-state index is -1.07. The number of nitrogens with two attached hydrogens (primary N) is 1. The molecule has 5 heteroatoms. The van der Waals surface area contributed by atoms with Crippen molar-refractivity contribution in [3.8, 4) is 11.6 Å². The number of hydrogen-bond donors (Lipinski definition) is 2. The number of aromatic nitrogens is 1. The first-order valence-corrected chi connectivity index (χ1v) is 6.78. The molecule has 0 spiro atoms. The highest BCUT2D eigenvalue weighted by Crippen LogP contribution is 2.27. The van der Waals surface area contributed by atoms with Gasteiger partial charge in [0.15, 0.2) is 0 Å². The molecule has 0 saturated heterocycles. The molecule has 1 aromatic heterocycles. The first kappa shape index (κ1) is 14.8. The van der Waals surface area contributed by atoms with Crippen molar-refractivity contribution in [2.45, 2.75) is 26.2 Å². The minimum Gasteiger partial charge on any atom is -0.478 e. The first-order chi connectivity index (χ1) is 10.0. The summed E-state index contributed by atoms with van der Waals surface area (Å²) in [5.74, 6) is 0.247. The molecule has 0 aliphatic heterocycles. The van der Waals surface area contributed by atoms with Crippen molar-refractivity contribution in [2.24, 2.45) is 0 Å². The van der Waals surface area contributed by atoms with Crippen LogP contribution in [0.25, 0.3) is 0 Å². The standard InChI is InChI=1S/C16H18N2O3/c1-3-10(2)11-4-6-13(7-5-11)21-15-14(17)8-12(9-18-15)16(19)20/h4-10H,3,17H2,1-2H3,(H,19,20). The van der Waals surface area contributed by atoms with Crippen LogP contribution in [0.4, 0.5) is 5.69 Å². The second-order valence-corrected chi connectivity index (χ2v) is 4.90. The van der Waals surface area contributed by atoms with Gasteiger partial charge < -0.3 is 15.6 Å². The van der Waals surface area contributed by atoms with Gasteiger partial charge in [0.05, 0.1) is 11.3 Å². The van der Waals surface area contributed by atoms with E-state index < -0.39 is 5.97 Å². The quantitative estimate of drug-likeness (QED) is 0.876. The monoisotopic (exact) mass is 286 g/mol. The molecule has 0 bridgehead atoms. The molecule has 0 radical (unpaired) electrons. The summed E-state index contributed by atoms with van der Waals surface area (Å²) in [5.41, 5.74) is 7.23. The number of ether oxygens (including phenoxy) is 1. The molecular formula is C16H18N2O3. The van der Waals surface area contributed by atoms with E-state index in [-0.39, 0.29) is 17.1 Å². The number of carbonyl (C=O) groups is 1. The summed E-state index contributed by atoms with van der Waals surface area (Å²) in [6.45, 7) is 4.31. The van der Waals surface area contributed by atoms with Crippen LogP contribution in [0.1, 0.15) is 42.1 Å². The molecule has 2 rings (SSSR count). The molecule has 3 N–H and O–H groups in total. The first-order valence-electron chi connectivity index (χ1n) is 6.78. The average Bonchev–Trinajstić information content (AvgIpc) is 2.49. The smallest absolute Gasteiger partial charge is 0.337 e. The lowest BCUT2D eigenvalue weighted by molar-refractivity contribution is 0.0696. The summed E-state index contributed by atoms with van der Waals surface area (Å²) in [6.07, 6.45) is 2.30. The number of hydrogen-bond acceptors (Lipinski definition) is 4. The lowest BCUT2D eigenvalue weighted by Gasteiger charge is -2.11. The molecule has 1 aromatic carbocycles. The topological polar surface area (TPSA) is 85.4 Å². The van der Waals surface area contributed by atoms with E-state index in [1.807, 2.05) is 24.3 Å². The number of aromatic carboxylic acids is 1.